The van der Waals surface area contributed by atoms with Crippen LogP contribution in [0.5, 0.6) is 5.75 Å². The minimum Gasteiger partial charge on any atom is -0.493 e. The molecule has 2 aromatic rings. The van der Waals surface area contributed by atoms with E-state index in [2.05, 4.69) is 33.0 Å². The summed E-state index contributed by atoms with van der Waals surface area (Å²) in [6, 6.07) is 8.00. The number of aryl methyl sites for hydroxylation is 1. The minimum atomic E-state index is 0.0231. The van der Waals surface area contributed by atoms with Crippen molar-refractivity contribution in [3.63, 3.8) is 0 Å². The second kappa shape index (κ2) is 6.98. The van der Waals surface area contributed by atoms with Gasteiger partial charge in [0.15, 0.2) is 0 Å². The lowest BCUT2D eigenvalue weighted by molar-refractivity contribution is 0.0927. The third-order valence-corrected chi connectivity index (χ3v) is 5.81. The Hall–Kier alpha value is -1.81. The number of nitrogens with one attached hydrogen (secondary N) is 1. The maximum Gasteiger partial charge on any atom is 0.262 e. The van der Waals surface area contributed by atoms with E-state index in [4.69, 9.17) is 4.74 Å². The molecule has 24 heavy (non-hydrogen) atoms. The maximum atomic E-state index is 13.0. The van der Waals surface area contributed by atoms with E-state index in [9.17, 15) is 4.79 Å². The molecular weight excluding hydrogens is 318 g/mol. The molecule has 1 N–H and O–H groups in total. The zero-order valence-corrected chi connectivity index (χ0v) is 15.6. The van der Waals surface area contributed by atoms with Gasteiger partial charge in [0.25, 0.3) is 5.91 Å². The standard InChI is InChI=1S/C20H25NO2S/c1-5-14-13(4)24-19(18(14)12(2)3)20(22)21-16-10-11-23-17-9-7-6-8-15(16)17/h6-9,12,16H,5,10-11H2,1-4H3,(H,21,22). The monoisotopic (exact) mass is 343 g/mol. The predicted molar refractivity (Wildman–Crippen MR) is 99.3 cm³/mol. The summed E-state index contributed by atoms with van der Waals surface area (Å²) in [5.74, 6) is 1.29. The number of hydrogen-bond acceptors (Lipinski definition) is 3. The van der Waals surface area contributed by atoms with Gasteiger partial charge in [0.05, 0.1) is 17.5 Å². The topological polar surface area (TPSA) is 38.3 Å². The Morgan fingerprint density at radius 2 is 2.12 bits per heavy atom. The fourth-order valence-electron chi connectivity index (χ4n) is 3.53. The van der Waals surface area contributed by atoms with Gasteiger partial charge in [-0.1, -0.05) is 39.0 Å². The molecule has 1 unspecified atom stereocenters. The van der Waals surface area contributed by atoms with Crippen LogP contribution in [0.25, 0.3) is 0 Å². The molecule has 1 aromatic heterocycles. The molecule has 1 amide bonds. The van der Waals surface area contributed by atoms with Gasteiger partial charge in [-0.25, -0.2) is 0 Å². The summed E-state index contributed by atoms with van der Waals surface area (Å²) < 4.78 is 5.69. The SMILES string of the molecule is CCc1c(C)sc(C(=O)NC2CCOc3ccccc32)c1C(C)C. The quantitative estimate of drug-likeness (QED) is 0.849. The lowest BCUT2D eigenvalue weighted by atomic mass is 9.95. The van der Waals surface area contributed by atoms with E-state index in [0.29, 0.717) is 12.5 Å². The molecule has 1 aromatic carbocycles. The van der Waals surface area contributed by atoms with E-state index in [1.807, 2.05) is 24.3 Å². The number of rotatable bonds is 4. The highest BCUT2D eigenvalue weighted by atomic mass is 32.1. The molecule has 3 nitrogen and oxygen atoms in total. The second-order valence-electron chi connectivity index (χ2n) is 6.59. The van der Waals surface area contributed by atoms with Crippen LogP contribution in [0.1, 0.15) is 70.4 Å². The van der Waals surface area contributed by atoms with Gasteiger partial charge in [0.2, 0.25) is 0 Å². The van der Waals surface area contributed by atoms with Crippen molar-refractivity contribution >= 4 is 17.2 Å². The Morgan fingerprint density at radius 3 is 2.83 bits per heavy atom. The largest absolute Gasteiger partial charge is 0.493 e. The van der Waals surface area contributed by atoms with E-state index >= 15 is 0 Å². The summed E-state index contributed by atoms with van der Waals surface area (Å²) in [6.07, 6.45) is 1.79. The fourth-order valence-corrected chi connectivity index (χ4v) is 4.84. The number of fused-ring (bicyclic) bond motifs is 1. The van der Waals surface area contributed by atoms with Gasteiger partial charge in [-0.15, -0.1) is 11.3 Å². The highest BCUT2D eigenvalue weighted by molar-refractivity contribution is 7.14. The third kappa shape index (κ3) is 3.07. The summed E-state index contributed by atoms with van der Waals surface area (Å²) in [4.78, 5) is 15.1. The number of amides is 1. The number of carbonyl (C=O) groups excluding carboxylic acids is 1. The van der Waals surface area contributed by atoms with Gasteiger partial charge in [-0.3, -0.25) is 4.79 Å². The predicted octanol–water partition coefficient (Wildman–Crippen LogP) is 5.00. The lowest BCUT2D eigenvalue weighted by Gasteiger charge is -2.26. The Balaban J connectivity index is 1.89. The average molecular weight is 343 g/mol. The number of thiophene rings is 1. The number of benzene rings is 1. The van der Waals surface area contributed by atoms with Crippen LogP contribution in [-0.2, 0) is 6.42 Å². The van der Waals surface area contributed by atoms with Crippen molar-refractivity contribution in [3.05, 3.63) is 50.7 Å². The highest BCUT2D eigenvalue weighted by Gasteiger charge is 2.27. The Labute approximate surface area is 148 Å². The summed E-state index contributed by atoms with van der Waals surface area (Å²) in [5.41, 5.74) is 3.64. The van der Waals surface area contributed by atoms with Crippen LogP contribution in [0.3, 0.4) is 0 Å². The maximum absolute atomic E-state index is 13.0. The van der Waals surface area contributed by atoms with Crippen molar-refractivity contribution in [1.29, 1.82) is 0 Å². The van der Waals surface area contributed by atoms with Crippen LogP contribution < -0.4 is 10.1 Å². The van der Waals surface area contributed by atoms with Gasteiger partial charge >= 0.3 is 0 Å². The number of carbonyl (C=O) groups is 1. The molecule has 0 spiro atoms. The van der Waals surface area contributed by atoms with Crippen molar-refractivity contribution in [2.24, 2.45) is 0 Å². The summed E-state index contributed by atoms with van der Waals surface area (Å²) in [7, 11) is 0. The molecule has 3 rings (SSSR count). The molecule has 0 aliphatic carbocycles. The first kappa shape index (κ1) is 17.0. The Kier molecular flexibility index (Phi) is 4.95. The minimum absolute atomic E-state index is 0.0231. The second-order valence-corrected chi connectivity index (χ2v) is 7.81. The van der Waals surface area contributed by atoms with E-state index < -0.39 is 0 Å². The smallest absolute Gasteiger partial charge is 0.262 e. The van der Waals surface area contributed by atoms with Crippen LogP contribution in [-0.4, -0.2) is 12.5 Å². The zero-order valence-electron chi connectivity index (χ0n) is 14.8. The molecule has 0 saturated heterocycles. The van der Waals surface area contributed by atoms with E-state index in [1.165, 1.54) is 16.0 Å². The number of ether oxygens (including phenoxy) is 1. The normalized spacial score (nSPS) is 16.6. The summed E-state index contributed by atoms with van der Waals surface area (Å²) in [6.45, 7) is 9.26. The third-order valence-electron chi connectivity index (χ3n) is 4.65. The molecule has 0 fully saturated rings. The highest BCUT2D eigenvalue weighted by Crippen LogP contribution is 2.36. The Bertz CT molecular complexity index is 748. The molecule has 0 bridgehead atoms. The molecule has 1 aliphatic heterocycles. The zero-order chi connectivity index (χ0) is 17.3. The first-order valence-corrected chi connectivity index (χ1v) is 9.49. The fraction of sp³-hybridized carbons (Fsp3) is 0.450. The van der Waals surface area contributed by atoms with Gasteiger partial charge in [-0.2, -0.15) is 0 Å². The van der Waals surface area contributed by atoms with Crippen LogP contribution in [0.4, 0.5) is 0 Å². The van der Waals surface area contributed by atoms with E-state index in [0.717, 1.165) is 29.0 Å². The van der Waals surface area contributed by atoms with Crippen LogP contribution >= 0.6 is 11.3 Å². The molecule has 1 aliphatic rings. The van der Waals surface area contributed by atoms with Crippen molar-refractivity contribution < 1.29 is 9.53 Å². The van der Waals surface area contributed by atoms with Crippen LogP contribution in [0.2, 0.25) is 0 Å². The molecule has 2 heterocycles. The van der Waals surface area contributed by atoms with Crippen molar-refractivity contribution in [2.45, 2.75) is 52.5 Å². The first-order valence-electron chi connectivity index (χ1n) is 8.67. The number of para-hydroxylation sites is 1. The van der Waals surface area contributed by atoms with Crippen molar-refractivity contribution in [3.8, 4) is 5.75 Å². The summed E-state index contributed by atoms with van der Waals surface area (Å²) in [5, 5.41) is 3.24. The number of hydrogen-bond donors (Lipinski definition) is 1. The molecule has 1 atom stereocenters. The Morgan fingerprint density at radius 1 is 1.38 bits per heavy atom. The lowest BCUT2D eigenvalue weighted by Crippen LogP contribution is -2.32. The van der Waals surface area contributed by atoms with Crippen molar-refractivity contribution in [1.82, 2.24) is 5.32 Å². The first-order chi connectivity index (χ1) is 11.5. The molecular formula is C20H25NO2S. The van der Waals surface area contributed by atoms with Crippen LogP contribution in [0.15, 0.2) is 24.3 Å². The molecule has 0 saturated carbocycles. The van der Waals surface area contributed by atoms with Gasteiger partial charge in [0.1, 0.15) is 5.75 Å². The van der Waals surface area contributed by atoms with Gasteiger partial charge in [0, 0.05) is 16.9 Å². The van der Waals surface area contributed by atoms with E-state index in [-0.39, 0.29) is 11.9 Å². The van der Waals surface area contributed by atoms with Crippen LogP contribution in [0, 0.1) is 6.92 Å². The summed E-state index contributed by atoms with van der Waals surface area (Å²) >= 11 is 1.63. The molecule has 4 heteroatoms. The average Bonchev–Trinajstić information content (AvgIpc) is 2.92. The van der Waals surface area contributed by atoms with Crippen molar-refractivity contribution in [2.75, 3.05) is 6.61 Å². The molecule has 0 radical (unpaired) electrons. The molecule has 128 valence electrons. The van der Waals surface area contributed by atoms with Gasteiger partial charge in [-0.05, 0) is 36.5 Å². The van der Waals surface area contributed by atoms with E-state index in [1.54, 1.807) is 11.3 Å². The van der Waals surface area contributed by atoms with Gasteiger partial charge < -0.3 is 10.1 Å².